The molecule has 0 radical (unpaired) electrons. The fourth-order valence-corrected chi connectivity index (χ4v) is 4.77. The first kappa shape index (κ1) is 24.8. The van der Waals surface area contributed by atoms with Crippen LogP contribution in [0.25, 0.3) is 22.0 Å². The van der Waals surface area contributed by atoms with Crippen LogP contribution in [0.2, 0.25) is 0 Å². The van der Waals surface area contributed by atoms with Crippen LogP contribution >= 0.6 is 0 Å². The molecule has 0 bridgehead atoms. The maximum absolute atomic E-state index is 13.2. The van der Waals surface area contributed by atoms with Crippen molar-refractivity contribution in [2.75, 3.05) is 11.9 Å². The van der Waals surface area contributed by atoms with E-state index in [-0.39, 0.29) is 23.1 Å². The molecule has 0 saturated carbocycles. The molecule has 34 heavy (non-hydrogen) atoms. The molecule has 0 aliphatic carbocycles. The van der Waals surface area contributed by atoms with Gasteiger partial charge in [0.25, 0.3) is 0 Å². The quantitative estimate of drug-likeness (QED) is 0.401. The van der Waals surface area contributed by atoms with Crippen molar-refractivity contribution in [3.63, 3.8) is 0 Å². The van der Waals surface area contributed by atoms with Gasteiger partial charge in [0.1, 0.15) is 62.8 Å². The van der Waals surface area contributed by atoms with Gasteiger partial charge in [0, 0.05) is 41.2 Å². The van der Waals surface area contributed by atoms with Crippen molar-refractivity contribution >= 4 is 85.5 Å². The summed E-state index contributed by atoms with van der Waals surface area (Å²) in [6.07, 6.45) is 5.51. The molecular formula is C18H28B8N6O2. The van der Waals surface area contributed by atoms with Gasteiger partial charge in [0.2, 0.25) is 11.9 Å². The third kappa shape index (κ3) is 4.15. The average molecular weight is 447 g/mol. The number of nitrogens with zero attached hydrogens (tertiary/aromatic N) is 5. The first-order valence-corrected chi connectivity index (χ1v) is 11.7. The van der Waals surface area contributed by atoms with Gasteiger partial charge in [0.15, 0.2) is 0 Å². The number of fused-ring (bicyclic) bond motifs is 1. The van der Waals surface area contributed by atoms with Crippen molar-refractivity contribution in [3.8, 4) is 11.1 Å². The van der Waals surface area contributed by atoms with Gasteiger partial charge in [-0.3, -0.25) is 14.8 Å². The number of carbonyl (C=O) groups excluding carboxylic acids is 1. The molecule has 0 unspecified atom stereocenters. The number of hydrogen-bond acceptors (Lipinski definition) is 6. The predicted molar refractivity (Wildman–Crippen MR) is 157 cm³/mol. The van der Waals surface area contributed by atoms with Crippen molar-refractivity contribution in [3.05, 3.63) is 36.8 Å². The second kappa shape index (κ2) is 8.12. The van der Waals surface area contributed by atoms with E-state index in [1.54, 1.807) is 10.9 Å². The van der Waals surface area contributed by atoms with Gasteiger partial charge in [-0.25, -0.2) is 9.97 Å². The zero-order valence-corrected chi connectivity index (χ0v) is 21.7. The van der Waals surface area contributed by atoms with Crippen molar-refractivity contribution < 1.29 is 9.53 Å². The highest BCUT2D eigenvalue weighted by atomic mass is 16.5. The summed E-state index contributed by atoms with van der Waals surface area (Å²) in [4.78, 5) is 24.4. The van der Waals surface area contributed by atoms with E-state index in [0.717, 1.165) is 22.0 Å². The van der Waals surface area contributed by atoms with Crippen LogP contribution < -0.4 is 5.32 Å². The van der Waals surface area contributed by atoms with Gasteiger partial charge in [-0.2, -0.15) is 5.10 Å². The van der Waals surface area contributed by atoms with Crippen molar-refractivity contribution in [2.24, 2.45) is 7.05 Å². The second-order valence-corrected chi connectivity index (χ2v) is 11.2. The molecule has 0 atom stereocenters. The number of nitrogens with one attached hydrogen (secondary N) is 1. The fraction of sp³-hybridized carbons (Fsp3) is 0.333. The Hall–Kier alpha value is -2.32. The van der Waals surface area contributed by atoms with Crippen LogP contribution in [0.15, 0.2) is 36.8 Å². The minimum absolute atomic E-state index is 0.155. The summed E-state index contributed by atoms with van der Waals surface area (Å²) in [5, 5.41) is 6.40. The summed E-state index contributed by atoms with van der Waals surface area (Å²) >= 11 is 0. The van der Waals surface area contributed by atoms with Crippen LogP contribution in [0.4, 0.5) is 5.95 Å². The summed E-state index contributed by atoms with van der Waals surface area (Å²) in [6, 6.07) is 5.99. The van der Waals surface area contributed by atoms with Crippen LogP contribution in [0.5, 0.6) is 0 Å². The lowest BCUT2D eigenvalue weighted by molar-refractivity contribution is -0.131. The Bertz CT molecular complexity index is 1240. The molecule has 1 aromatic carbocycles. The summed E-state index contributed by atoms with van der Waals surface area (Å²) in [5.74, 6) is 0.139. The molecule has 3 aromatic rings. The molecule has 1 aliphatic rings. The number of ether oxygens (including phenoxy) is 1. The number of benzene rings is 1. The van der Waals surface area contributed by atoms with Gasteiger partial charge in [0.05, 0.1) is 18.3 Å². The van der Waals surface area contributed by atoms with E-state index in [4.69, 9.17) is 4.74 Å². The smallest absolute Gasteiger partial charge is 0.240 e. The first-order valence-electron chi connectivity index (χ1n) is 11.7. The van der Waals surface area contributed by atoms with Crippen LogP contribution in [0.1, 0.15) is 0 Å². The Morgan fingerprint density at radius 1 is 1.00 bits per heavy atom. The predicted octanol–water partition coefficient (Wildman–Crippen LogP) is -7.02. The lowest BCUT2D eigenvalue weighted by Gasteiger charge is -2.68. The molecule has 2 aromatic heterocycles. The zero-order chi connectivity index (χ0) is 25.1. The molecule has 8 nitrogen and oxygen atoms in total. The second-order valence-electron chi connectivity index (χ2n) is 11.2. The lowest BCUT2D eigenvalue weighted by atomic mass is 9.30. The highest BCUT2D eigenvalue weighted by Crippen LogP contribution is 2.39. The normalized spacial score (nSPS) is 20.6. The van der Waals surface area contributed by atoms with Crippen LogP contribution in [0, 0.1) is 0 Å². The molecule has 166 valence electrons. The van der Waals surface area contributed by atoms with Crippen LogP contribution in [-0.4, -0.2) is 121 Å². The van der Waals surface area contributed by atoms with Gasteiger partial charge in [-0.1, -0.05) is 12.1 Å². The topological polar surface area (TPSA) is 85.2 Å². The molecule has 1 aliphatic heterocycles. The third-order valence-electron chi connectivity index (χ3n) is 7.98. The van der Waals surface area contributed by atoms with E-state index >= 15 is 0 Å². The van der Waals surface area contributed by atoms with Gasteiger partial charge < -0.3 is 9.64 Å². The average Bonchev–Trinajstić information content (AvgIpc) is 3.16. The zero-order valence-electron chi connectivity index (χ0n) is 21.7. The van der Waals surface area contributed by atoms with Gasteiger partial charge in [-0.15, -0.1) is 0 Å². The Labute approximate surface area is 208 Å². The number of anilines is 1. The SMILES string of the molecule is BC1(B)OC(B)(B)C(B)(B)N(CC(=O)Nc2ncc3ccc(-c4cnn(C)c4)cc3n2)C1(B)B. The van der Waals surface area contributed by atoms with Crippen molar-refractivity contribution in [1.29, 1.82) is 0 Å². The number of amides is 1. The van der Waals surface area contributed by atoms with Crippen LogP contribution in [0.3, 0.4) is 0 Å². The molecule has 1 saturated heterocycles. The van der Waals surface area contributed by atoms with Crippen molar-refractivity contribution in [1.82, 2.24) is 24.6 Å². The third-order valence-corrected chi connectivity index (χ3v) is 7.98. The van der Waals surface area contributed by atoms with Crippen molar-refractivity contribution in [2.45, 2.75) is 21.5 Å². The standard InChI is InChI=1S/C18H28B8N6O2/c1-31-7-11(6-28-31)9-2-3-10-5-27-14(29-12(10)4-9)30-13(33)8-32-15(19,20)17(23,24)34-18(25,26)16(32,21)22/h2-7H,8,19-26H2,1H3,(H,27,29,30,33). The van der Waals surface area contributed by atoms with Gasteiger partial charge in [-0.05, 0) is 22.3 Å². The Morgan fingerprint density at radius 2 is 1.65 bits per heavy atom. The Kier molecular flexibility index (Phi) is 5.92. The molecular weight excluding hydrogens is 419 g/mol. The highest BCUT2D eigenvalue weighted by Gasteiger charge is 2.58. The van der Waals surface area contributed by atoms with Crippen LogP contribution in [-0.2, 0) is 16.6 Å². The molecule has 3 heterocycles. The summed E-state index contributed by atoms with van der Waals surface area (Å²) in [7, 11) is 18.7. The summed E-state index contributed by atoms with van der Waals surface area (Å²) in [6.45, 7) is 0.202. The number of rotatable bonds is 4. The molecule has 1 amide bonds. The number of hydrogen-bond donors (Lipinski definition) is 1. The Balaban J connectivity index is 1.58. The number of aryl methyl sites for hydroxylation is 1. The van der Waals surface area contributed by atoms with E-state index in [9.17, 15) is 4.79 Å². The minimum atomic E-state index is -0.450. The monoisotopic (exact) mass is 448 g/mol. The van der Waals surface area contributed by atoms with Gasteiger partial charge >= 0.3 is 0 Å². The van der Waals surface area contributed by atoms with E-state index in [0.29, 0.717) is 5.95 Å². The molecule has 0 spiro atoms. The maximum atomic E-state index is 13.2. The maximum Gasteiger partial charge on any atom is 0.240 e. The molecule has 1 N–H and O–H groups in total. The molecule has 1 fully saturated rings. The number of aromatic nitrogens is 4. The fourth-order valence-electron chi connectivity index (χ4n) is 4.77. The number of morpholine rings is 1. The molecule has 4 rings (SSSR count). The van der Waals surface area contributed by atoms with E-state index in [1.807, 2.05) is 37.6 Å². The summed E-state index contributed by atoms with van der Waals surface area (Å²) in [5.41, 5.74) is 2.79. The number of carbonyl (C=O) groups is 1. The lowest BCUT2D eigenvalue weighted by Crippen LogP contribution is -2.86. The van der Waals surface area contributed by atoms with E-state index < -0.39 is 10.8 Å². The summed E-state index contributed by atoms with van der Waals surface area (Å²) < 4.78 is 8.28. The highest BCUT2D eigenvalue weighted by molar-refractivity contribution is 6.59. The Morgan fingerprint density at radius 3 is 2.24 bits per heavy atom. The minimum Gasteiger partial charge on any atom is -0.403 e. The van der Waals surface area contributed by atoms with E-state index in [1.165, 1.54) is 0 Å². The first-order chi connectivity index (χ1) is 15.6. The molecule has 16 heteroatoms. The van der Waals surface area contributed by atoms with E-state index in [2.05, 4.69) is 88.1 Å². The largest absolute Gasteiger partial charge is 0.403 e.